The van der Waals surface area contributed by atoms with E-state index in [4.69, 9.17) is 0 Å². The smallest absolute Gasteiger partial charge is 0.0300 e. The van der Waals surface area contributed by atoms with Crippen molar-refractivity contribution in [3.05, 3.63) is 0 Å². The Hall–Kier alpha value is 0. The monoisotopic (exact) mass is 196 g/mol. The molecule has 0 aromatic heterocycles. The van der Waals surface area contributed by atoms with Crippen LogP contribution in [0.15, 0.2) is 0 Å². The molecule has 0 amide bonds. The average molecular weight is 196 g/mol. The van der Waals surface area contributed by atoms with Crippen LogP contribution >= 0.6 is 0 Å². The molecule has 1 rings (SSSR count). The van der Waals surface area contributed by atoms with Gasteiger partial charge in [-0.05, 0) is 37.0 Å². The summed E-state index contributed by atoms with van der Waals surface area (Å²) >= 11 is 0. The summed E-state index contributed by atoms with van der Waals surface area (Å²) in [5.41, 5.74) is 0.793. The lowest BCUT2D eigenvalue weighted by Crippen LogP contribution is -2.29. The topological polar surface area (TPSA) is 0 Å². The molecule has 0 nitrogen and oxygen atoms in total. The predicted molar refractivity (Wildman–Crippen MR) is 64.5 cm³/mol. The van der Waals surface area contributed by atoms with Gasteiger partial charge in [-0.1, -0.05) is 52.9 Å². The third kappa shape index (κ3) is 3.00. The molecule has 0 N–H and O–H groups in total. The van der Waals surface area contributed by atoms with Gasteiger partial charge in [0.1, 0.15) is 0 Å². The minimum Gasteiger partial charge on any atom is -0.0654 e. The summed E-state index contributed by atoms with van der Waals surface area (Å²) < 4.78 is 0. The predicted octanol–water partition coefficient (Wildman–Crippen LogP) is 5.17. The normalized spacial score (nSPS) is 21.6. The zero-order valence-electron chi connectivity index (χ0n) is 10.4. The van der Waals surface area contributed by atoms with E-state index in [1.165, 1.54) is 57.8 Å². The molecule has 1 saturated carbocycles. The molecule has 0 aromatic rings. The standard InChI is InChI=1S/C14H28/c1-4-8-13(5-2)9-12-14(6-3)10-7-11-14/h13H,4-12H2,1-3H3. The van der Waals surface area contributed by atoms with E-state index < -0.39 is 0 Å². The Morgan fingerprint density at radius 2 is 1.79 bits per heavy atom. The van der Waals surface area contributed by atoms with Crippen LogP contribution in [0.3, 0.4) is 0 Å². The molecule has 1 atom stereocenters. The third-order valence-electron chi connectivity index (χ3n) is 4.52. The Kier molecular flexibility index (Phi) is 4.98. The van der Waals surface area contributed by atoms with Crippen LogP contribution in [0.1, 0.15) is 78.6 Å². The van der Waals surface area contributed by atoms with E-state index in [1.807, 2.05) is 0 Å². The van der Waals surface area contributed by atoms with Gasteiger partial charge in [-0.25, -0.2) is 0 Å². The Morgan fingerprint density at radius 3 is 2.14 bits per heavy atom. The summed E-state index contributed by atoms with van der Waals surface area (Å²) in [4.78, 5) is 0. The van der Waals surface area contributed by atoms with Crippen molar-refractivity contribution in [2.75, 3.05) is 0 Å². The largest absolute Gasteiger partial charge is 0.0654 e. The molecule has 0 radical (unpaired) electrons. The van der Waals surface area contributed by atoms with Crippen LogP contribution in [0, 0.1) is 11.3 Å². The highest BCUT2D eigenvalue weighted by Gasteiger charge is 2.34. The Labute approximate surface area is 90.5 Å². The summed E-state index contributed by atoms with van der Waals surface area (Å²) in [6.07, 6.45) is 13.2. The van der Waals surface area contributed by atoms with Gasteiger partial charge in [-0.15, -0.1) is 0 Å². The van der Waals surface area contributed by atoms with Gasteiger partial charge in [0.15, 0.2) is 0 Å². The molecule has 84 valence electrons. The van der Waals surface area contributed by atoms with Crippen molar-refractivity contribution in [2.45, 2.75) is 78.6 Å². The SMILES string of the molecule is CCCC(CC)CCC1(CC)CCC1. The van der Waals surface area contributed by atoms with Gasteiger partial charge < -0.3 is 0 Å². The van der Waals surface area contributed by atoms with Crippen molar-refractivity contribution in [3.8, 4) is 0 Å². The average Bonchev–Trinajstić information content (AvgIpc) is 2.15. The molecule has 0 spiro atoms. The van der Waals surface area contributed by atoms with Crippen LogP contribution in [0.2, 0.25) is 0 Å². The van der Waals surface area contributed by atoms with Crippen molar-refractivity contribution in [1.29, 1.82) is 0 Å². The first-order valence-corrected chi connectivity index (χ1v) is 6.76. The lowest BCUT2D eigenvalue weighted by molar-refractivity contribution is 0.101. The second kappa shape index (κ2) is 5.78. The maximum Gasteiger partial charge on any atom is -0.0300 e. The van der Waals surface area contributed by atoms with Crippen LogP contribution in [-0.2, 0) is 0 Å². The molecular formula is C14H28. The second-order valence-corrected chi connectivity index (χ2v) is 5.31. The maximum absolute atomic E-state index is 2.39. The lowest BCUT2D eigenvalue weighted by atomic mass is 9.63. The highest BCUT2D eigenvalue weighted by molar-refractivity contribution is 4.86. The minimum absolute atomic E-state index is 0.793. The molecule has 1 unspecified atom stereocenters. The zero-order chi connectivity index (χ0) is 10.4. The summed E-state index contributed by atoms with van der Waals surface area (Å²) in [6.45, 7) is 7.07. The summed E-state index contributed by atoms with van der Waals surface area (Å²) in [5, 5.41) is 0. The first-order chi connectivity index (χ1) is 6.76. The molecule has 0 heterocycles. The summed E-state index contributed by atoms with van der Waals surface area (Å²) in [6, 6.07) is 0. The Balaban J connectivity index is 2.22. The van der Waals surface area contributed by atoms with Gasteiger partial charge in [-0.2, -0.15) is 0 Å². The zero-order valence-corrected chi connectivity index (χ0v) is 10.4. The molecule has 0 saturated heterocycles. The van der Waals surface area contributed by atoms with E-state index in [9.17, 15) is 0 Å². The van der Waals surface area contributed by atoms with E-state index in [2.05, 4.69) is 20.8 Å². The Morgan fingerprint density at radius 1 is 1.07 bits per heavy atom. The van der Waals surface area contributed by atoms with Crippen LogP contribution in [0.4, 0.5) is 0 Å². The van der Waals surface area contributed by atoms with E-state index in [0.29, 0.717) is 0 Å². The van der Waals surface area contributed by atoms with Gasteiger partial charge in [-0.3, -0.25) is 0 Å². The number of rotatable bonds is 7. The lowest BCUT2D eigenvalue weighted by Gasteiger charge is -2.42. The van der Waals surface area contributed by atoms with E-state index in [-0.39, 0.29) is 0 Å². The molecular weight excluding hydrogens is 168 g/mol. The number of hydrogen-bond acceptors (Lipinski definition) is 0. The van der Waals surface area contributed by atoms with Gasteiger partial charge in [0.2, 0.25) is 0 Å². The first kappa shape index (κ1) is 12.1. The van der Waals surface area contributed by atoms with Crippen LogP contribution in [0.25, 0.3) is 0 Å². The van der Waals surface area contributed by atoms with Crippen LogP contribution in [0.5, 0.6) is 0 Å². The molecule has 0 bridgehead atoms. The first-order valence-electron chi connectivity index (χ1n) is 6.76. The molecule has 0 aliphatic heterocycles. The Bertz CT molecular complexity index is 139. The van der Waals surface area contributed by atoms with Crippen LogP contribution in [-0.4, -0.2) is 0 Å². The van der Waals surface area contributed by atoms with Crippen molar-refractivity contribution < 1.29 is 0 Å². The molecule has 1 aliphatic rings. The van der Waals surface area contributed by atoms with Crippen molar-refractivity contribution in [3.63, 3.8) is 0 Å². The highest BCUT2D eigenvalue weighted by atomic mass is 14.4. The van der Waals surface area contributed by atoms with E-state index in [1.54, 1.807) is 0 Å². The van der Waals surface area contributed by atoms with E-state index >= 15 is 0 Å². The minimum atomic E-state index is 0.793. The summed E-state index contributed by atoms with van der Waals surface area (Å²) in [5.74, 6) is 1.02. The fourth-order valence-corrected chi connectivity index (χ4v) is 2.93. The van der Waals surface area contributed by atoms with Crippen molar-refractivity contribution in [1.82, 2.24) is 0 Å². The van der Waals surface area contributed by atoms with Gasteiger partial charge >= 0.3 is 0 Å². The van der Waals surface area contributed by atoms with Gasteiger partial charge in [0.05, 0.1) is 0 Å². The quantitative estimate of drug-likeness (QED) is 0.527. The van der Waals surface area contributed by atoms with Crippen molar-refractivity contribution in [2.24, 2.45) is 11.3 Å². The highest BCUT2D eigenvalue weighted by Crippen LogP contribution is 2.48. The third-order valence-corrected chi connectivity index (χ3v) is 4.52. The summed E-state index contributed by atoms with van der Waals surface area (Å²) in [7, 11) is 0. The fourth-order valence-electron chi connectivity index (χ4n) is 2.93. The molecule has 1 aliphatic carbocycles. The second-order valence-electron chi connectivity index (χ2n) is 5.31. The molecule has 0 heteroatoms. The van der Waals surface area contributed by atoms with Crippen LogP contribution < -0.4 is 0 Å². The van der Waals surface area contributed by atoms with E-state index in [0.717, 1.165) is 11.3 Å². The molecule has 1 fully saturated rings. The van der Waals surface area contributed by atoms with Gasteiger partial charge in [0, 0.05) is 0 Å². The van der Waals surface area contributed by atoms with Crippen molar-refractivity contribution >= 4 is 0 Å². The number of hydrogen-bond donors (Lipinski definition) is 0. The fraction of sp³-hybridized carbons (Fsp3) is 1.00. The molecule has 14 heavy (non-hydrogen) atoms. The maximum atomic E-state index is 2.39. The van der Waals surface area contributed by atoms with Gasteiger partial charge in [0.25, 0.3) is 0 Å². The molecule has 0 aromatic carbocycles.